The first-order valence-corrected chi connectivity index (χ1v) is 10.7. The van der Waals surface area contributed by atoms with Gasteiger partial charge in [0.1, 0.15) is 10.4 Å². The number of esters is 1. The maximum absolute atomic E-state index is 12.3. The molecule has 146 valence electrons. The minimum atomic E-state index is -0.228. The van der Waals surface area contributed by atoms with E-state index in [0.29, 0.717) is 25.9 Å². The highest BCUT2D eigenvalue weighted by atomic mass is 32.2. The number of rotatable bonds is 4. The average molecular weight is 408 g/mol. The smallest absolute Gasteiger partial charge is 0.321 e. The summed E-state index contributed by atoms with van der Waals surface area (Å²) in [4.78, 5) is 28.3. The summed E-state index contributed by atoms with van der Waals surface area (Å²) in [6.07, 6.45) is 3.53. The molecule has 0 aliphatic carbocycles. The molecule has 2 heterocycles. The molecule has 0 unspecified atom stereocenters. The van der Waals surface area contributed by atoms with Gasteiger partial charge in [-0.2, -0.15) is 0 Å². The first-order chi connectivity index (χ1) is 13.1. The molecular formula is C19H25N3O3S2. The van der Waals surface area contributed by atoms with Gasteiger partial charge in [-0.25, -0.2) is 4.79 Å². The van der Waals surface area contributed by atoms with Crippen LogP contribution in [0.3, 0.4) is 0 Å². The predicted molar refractivity (Wildman–Crippen MR) is 112 cm³/mol. The quantitative estimate of drug-likeness (QED) is 0.610. The maximum Gasteiger partial charge on any atom is 0.321 e. The number of hydrogen-bond donors (Lipinski definition) is 1. The lowest BCUT2D eigenvalue weighted by Gasteiger charge is -2.31. The molecule has 2 saturated heterocycles. The fourth-order valence-electron chi connectivity index (χ4n) is 3.23. The SMILES string of the molecule is O=C(CSC(=S)N1CCCC1)OC1CCN(C(=O)Nc2ccccc2)CC1. The molecule has 0 saturated carbocycles. The standard InChI is InChI=1S/C19H25N3O3S2/c23-17(14-27-19(26)22-10-4-5-11-22)25-16-8-12-21(13-9-16)18(24)20-15-6-2-1-3-7-15/h1-3,6-7,16H,4-5,8-14H2,(H,20,24). The van der Waals surface area contributed by atoms with Crippen molar-refractivity contribution in [3.8, 4) is 0 Å². The van der Waals surface area contributed by atoms with E-state index in [4.69, 9.17) is 17.0 Å². The van der Waals surface area contributed by atoms with Crippen LogP contribution in [0.2, 0.25) is 0 Å². The largest absolute Gasteiger partial charge is 0.462 e. The Balaban J connectivity index is 1.34. The van der Waals surface area contributed by atoms with Crippen molar-refractivity contribution in [1.82, 2.24) is 9.80 Å². The molecule has 6 nitrogen and oxygen atoms in total. The number of nitrogens with zero attached hydrogens (tertiary/aromatic N) is 2. The van der Waals surface area contributed by atoms with E-state index in [1.54, 1.807) is 4.90 Å². The molecule has 0 bridgehead atoms. The molecule has 1 N–H and O–H groups in total. The second-order valence-corrected chi connectivity index (χ2v) is 8.33. The molecule has 2 amide bonds. The molecule has 27 heavy (non-hydrogen) atoms. The van der Waals surface area contributed by atoms with E-state index in [-0.39, 0.29) is 23.9 Å². The van der Waals surface area contributed by atoms with Crippen LogP contribution in [0, 0.1) is 0 Å². The number of thiocarbonyl (C=S) groups is 1. The fraction of sp³-hybridized carbons (Fsp3) is 0.526. The van der Waals surface area contributed by atoms with Gasteiger partial charge in [-0.1, -0.05) is 42.2 Å². The van der Waals surface area contributed by atoms with Gasteiger partial charge in [-0.15, -0.1) is 0 Å². The van der Waals surface area contributed by atoms with Crippen molar-refractivity contribution in [2.24, 2.45) is 0 Å². The number of carbonyl (C=O) groups is 2. The molecule has 8 heteroatoms. The Bertz CT molecular complexity index is 657. The zero-order valence-corrected chi connectivity index (χ0v) is 16.9. The molecule has 0 radical (unpaired) electrons. The summed E-state index contributed by atoms with van der Waals surface area (Å²) in [5.41, 5.74) is 0.780. The molecule has 3 rings (SSSR count). The summed E-state index contributed by atoms with van der Waals surface area (Å²) in [5, 5.41) is 2.88. The average Bonchev–Trinajstić information content (AvgIpc) is 3.22. The number of hydrogen-bond acceptors (Lipinski definition) is 5. The fourth-order valence-corrected chi connectivity index (χ4v) is 4.27. The van der Waals surface area contributed by atoms with Gasteiger partial charge in [-0.3, -0.25) is 4.79 Å². The van der Waals surface area contributed by atoms with E-state index in [1.807, 2.05) is 30.3 Å². The Morgan fingerprint density at radius 1 is 1.07 bits per heavy atom. The number of benzene rings is 1. The van der Waals surface area contributed by atoms with Gasteiger partial charge < -0.3 is 19.9 Å². The minimum Gasteiger partial charge on any atom is -0.462 e. The molecule has 2 aliphatic rings. The topological polar surface area (TPSA) is 61.9 Å². The summed E-state index contributed by atoms with van der Waals surface area (Å²) in [7, 11) is 0. The van der Waals surface area contributed by atoms with Crippen LogP contribution in [0.5, 0.6) is 0 Å². The first-order valence-electron chi connectivity index (χ1n) is 9.34. The summed E-state index contributed by atoms with van der Waals surface area (Å²) in [6.45, 7) is 3.14. The lowest BCUT2D eigenvalue weighted by molar-refractivity contribution is -0.147. The van der Waals surface area contributed by atoms with Crippen LogP contribution in [0.15, 0.2) is 30.3 Å². The van der Waals surface area contributed by atoms with Crippen molar-refractivity contribution in [2.45, 2.75) is 31.8 Å². The number of amides is 2. The van der Waals surface area contributed by atoms with Crippen LogP contribution in [0.25, 0.3) is 0 Å². The van der Waals surface area contributed by atoms with Crippen LogP contribution in [-0.2, 0) is 9.53 Å². The van der Waals surface area contributed by atoms with Gasteiger partial charge >= 0.3 is 12.0 Å². The third kappa shape index (κ3) is 6.10. The maximum atomic E-state index is 12.3. The second kappa shape index (κ2) is 9.94. The Kier molecular flexibility index (Phi) is 7.34. The molecule has 0 atom stereocenters. The van der Waals surface area contributed by atoms with Crippen molar-refractivity contribution in [1.29, 1.82) is 0 Å². The number of piperidine rings is 1. The van der Waals surface area contributed by atoms with Crippen LogP contribution >= 0.6 is 24.0 Å². The Hall–Kier alpha value is -1.80. The molecular weight excluding hydrogens is 382 g/mol. The van der Waals surface area contributed by atoms with E-state index < -0.39 is 0 Å². The zero-order valence-electron chi connectivity index (χ0n) is 15.3. The van der Waals surface area contributed by atoms with Crippen LogP contribution in [0.1, 0.15) is 25.7 Å². The van der Waals surface area contributed by atoms with Crippen molar-refractivity contribution >= 4 is 46.0 Å². The van der Waals surface area contributed by atoms with Gasteiger partial charge in [0.25, 0.3) is 0 Å². The summed E-state index contributed by atoms with van der Waals surface area (Å²) >= 11 is 6.75. The van der Waals surface area contributed by atoms with E-state index in [1.165, 1.54) is 24.6 Å². The van der Waals surface area contributed by atoms with Gasteiger partial charge in [0, 0.05) is 44.7 Å². The molecule has 0 spiro atoms. The lowest BCUT2D eigenvalue weighted by Crippen LogP contribution is -2.43. The highest BCUT2D eigenvalue weighted by molar-refractivity contribution is 8.23. The molecule has 1 aromatic rings. The molecule has 2 fully saturated rings. The number of urea groups is 1. The number of para-hydroxylation sites is 1. The zero-order chi connectivity index (χ0) is 19.1. The van der Waals surface area contributed by atoms with E-state index in [0.717, 1.165) is 23.1 Å². The third-order valence-electron chi connectivity index (χ3n) is 4.73. The van der Waals surface area contributed by atoms with Crippen molar-refractivity contribution in [3.63, 3.8) is 0 Å². The number of anilines is 1. The Morgan fingerprint density at radius 3 is 2.41 bits per heavy atom. The number of likely N-dealkylation sites (tertiary alicyclic amines) is 2. The van der Waals surface area contributed by atoms with Gasteiger partial charge in [0.05, 0.1) is 5.75 Å². The normalized spacial score (nSPS) is 17.6. The predicted octanol–water partition coefficient (Wildman–Crippen LogP) is 3.34. The van der Waals surface area contributed by atoms with E-state index >= 15 is 0 Å². The number of carbonyl (C=O) groups excluding carboxylic acids is 2. The monoisotopic (exact) mass is 407 g/mol. The summed E-state index contributed by atoms with van der Waals surface area (Å²) < 4.78 is 6.34. The molecule has 1 aromatic carbocycles. The van der Waals surface area contributed by atoms with E-state index in [2.05, 4.69) is 10.2 Å². The van der Waals surface area contributed by atoms with Gasteiger partial charge in [-0.05, 0) is 25.0 Å². The first kappa shape index (κ1) is 19.9. The number of thioether (sulfide) groups is 1. The highest BCUT2D eigenvalue weighted by Crippen LogP contribution is 2.19. The minimum absolute atomic E-state index is 0.113. The Labute approximate surface area is 169 Å². The molecule has 0 aromatic heterocycles. The summed E-state index contributed by atoms with van der Waals surface area (Å²) in [6, 6.07) is 9.28. The van der Waals surface area contributed by atoms with Crippen molar-refractivity contribution < 1.29 is 14.3 Å². The number of nitrogens with one attached hydrogen (secondary N) is 1. The second-order valence-electron chi connectivity index (χ2n) is 6.72. The Morgan fingerprint density at radius 2 is 1.74 bits per heavy atom. The third-order valence-corrected chi connectivity index (χ3v) is 6.23. The molecule has 2 aliphatic heterocycles. The summed E-state index contributed by atoms with van der Waals surface area (Å²) in [5.74, 6) is 0.0260. The van der Waals surface area contributed by atoms with E-state index in [9.17, 15) is 9.59 Å². The lowest BCUT2D eigenvalue weighted by atomic mass is 10.1. The van der Waals surface area contributed by atoms with Crippen molar-refractivity contribution in [2.75, 3.05) is 37.2 Å². The van der Waals surface area contributed by atoms with Gasteiger partial charge in [0.2, 0.25) is 0 Å². The van der Waals surface area contributed by atoms with Crippen LogP contribution < -0.4 is 5.32 Å². The highest BCUT2D eigenvalue weighted by Gasteiger charge is 2.25. The van der Waals surface area contributed by atoms with Crippen molar-refractivity contribution in [3.05, 3.63) is 30.3 Å². The van der Waals surface area contributed by atoms with Crippen LogP contribution in [-0.4, -0.2) is 64.2 Å². The van der Waals surface area contributed by atoms with Crippen LogP contribution in [0.4, 0.5) is 10.5 Å². The number of ether oxygens (including phenoxy) is 1. The van der Waals surface area contributed by atoms with Gasteiger partial charge in [0.15, 0.2) is 0 Å².